The van der Waals surface area contributed by atoms with E-state index in [-0.39, 0.29) is 14.8 Å². The van der Waals surface area contributed by atoms with Crippen LogP contribution in [0.2, 0.25) is 5.02 Å². The third-order valence-electron chi connectivity index (χ3n) is 3.41. The van der Waals surface area contributed by atoms with Crippen LogP contribution in [0.15, 0.2) is 28.0 Å². The van der Waals surface area contributed by atoms with Gasteiger partial charge in [-0.15, -0.1) is 0 Å². The summed E-state index contributed by atoms with van der Waals surface area (Å²) in [5, 5.41) is 0.0290. The highest BCUT2D eigenvalue weighted by Gasteiger charge is 2.30. The highest BCUT2D eigenvalue weighted by Crippen LogP contribution is 2.28. The maximum Gasteiger partial charge on any atom is 0.244 e. The highest BCUT2D eigenvalue weighted by atomic mass is 35.5. The Bertz CT molecular complexity index is 739. The Hall–Kier alpha value is -0.670. The van der Waals surface area contributed by atoms with Crippen LogP contribution in [-0.4, -0.2) is 65.5 Å². The van der Waals surface area contributed by atoms with E-state index in [9.17, 15) is 16.8 Å². The fourth-order valence-electron chi connectivity index (χ4n) is 2.08. The molecular formula is C12H17ClN2O4S2. The van der Waals surface area contributed by atoms with E-state index in [2.05, 4.69) is 0 Å². The van der Waals surface area contributed by atoms with E-state index >= 15 is 0 Å². The predicted octanol–water partition coefficient (Wildman–Crippen LogP) is 0.680. The predicted molar refractivity (Wildman–Crippen MR) is 80.8 cm³/mol. The van der Waals surface area contributed by atoms with Crippen LogP contribution >= 0.6 is 11.6 Å². The average Bonchev–Trinajstić information content (AvgIpc) is 2.38. The van der Waals surface area contributed by atoms with Gasteiger partial charge >= 0.3 is 0 Å². The summed E-state index contributed by atoms with van der Waals surface area (Å²) in [7, 11) is -5.36. The molecule has 1 heterocycles. The van der Waals surface area contributed by atoms with Crippen molar-refractivity contribution in [3.8, 4) is 0 Å². The van der Waals surface area contributed by atoms with E-state index in [4.69, 9.17) is 11.6 Å². The van der Waals surface area contributed by atoms with E-state index in [1.807, 2.05) is 11.9 Å². The van der Waals surface area contributed by atoms with Crippen LogP contribution < -0.4 is 0 Å². The number of sulfonamides is 1. The minimum Gasteiger partial charge on any atom is -0.304 e. The van der Waals surface area contributed by atoms with Crippen molar-refractivity contribution in [2.75, 3.05) is 39.5 Å². The largest absolute Gasteiger partial charge is 0.304 e. The molecule has 0 bridgehead atoms. The molecule has 6 nitrogen and oxygen atoms in total. The van der Waals surface area contributed by atoms with Crippen LogP contribution in [0.3, 0.4) is 0 Å². The van der Waals surface area contributed by atoms with E-state index < -0.39 is 19.9 Å². The second-order valence-electron chi connectivity index (χ2n) is 5.07. The van der Waals surface area contributed by atoms with Crippen LogP contribution in [-0.2, 0) is 19.9 Å². The van der Waals surface area contributed by atoms with Crippen molar-refractivity contribution >= 4 is 31.5 Å². The Kier molecular flexibility index (Phi) is 4.65. The summed E-state index contributed by atoms with van der Waals surface area (Å²) in [5.74, 6) is 0. The Morgan fingerprint density at radius 1 is 1.05 bits per heavy atom. The molecule has 0 amide bonds. The lowest BCUT2D eigenvalue weighted by Gasteiger charge is -2.31. The smallest absolute Gasteiger partial charge is 0.244 e. The van der Waals surface area contributed by atoms with Crippen LogP contribution in [0.25, 0.3) is 0 Å². The van der Waals surface area contributed by atoms with Gasteiger partial charge in [0.05, 0.1) is 9.92 Å². The van der Waals surface area contributed by atoms with E-state index in [0.717, 1.165) is 12.3 Å². The molecule has 1 aliphatic rings. The summed E-state index contributed by atoms with van der Waals surface area (Å²) >= 11 is 5.97. The summed E-state index contributed by atoms with van der Waals surface area (Å²) in [6, 6.07) is 3.74. The van der Waals surface area contributed by atoms with Crippen molar-refractivity contribution < 1.29 is 16.8 Å². The molecule has 0 radical (unpaired) electrons. The number of piperazine rings is 1. The first-order valence-corrected chi connectivity index (χ1v) is 10.0. The number of benzene rings is 1. The van der Waals surface area contributed by atoms with Gasteiger partial charge in [-0.05, 0) is 25.2 Å². The van der Waals surface area contributed by atoms with Gasteiger partial charge in [0.2, 0.25) is 10.0 Å². The first-order chi connectivity index (χ1) is 9.62. The first kappa shape index (κ1) is 16.7. The van der Waals surface area contributed by atoms with Gasteiger partial charge in [0.15, 0.2) is 9.84 Å². The topological polar surface area (TPSA) is 74.8 Å². The molecular weight excluding hydrogens is 336 g/mol. The second kappa shape index (κ2) is 5.85. The van der Waals surface area contributed by atoms with Crippen LogP contribution in [0.5, 0.6) is 0 Å². The minimum absolute atomic E-state index is 0.0290. The molecule has 0 unspecified atom stereocenters. The first-order valence-electron chi connectivity index (χ1n) is 6.30. The molecule has 1 fully saturated rings. The zero-order valence-corrected chi connectivity index (χ0v) is 14.2. The molecule has 1 aliphatic heterocycles. The maximum atomic E-state index is 12.6. The van der Waals surface area contributed by atoms with Gasteiger partial charge in [-0.1, -0.05) is 11.6 Å². The van der Waals surface area contributed by atoms with Crippen molar-refractivity contribution in [3.63, 3.8) is 0 Å². The van der Waals surface area contributed by atoms with Gasteiger partial charge in [-0.25, -0.2) is 16.8 Å². The van der Waals surface area contributed by atoms with Gasteiger partial charge < -0.3 is 4.90 Å². The van der Waals surface area contributed by atoms with Crippen LogP contribution in [0.4, 0.5) is 0 Å². The average molecular weight is 353 g/mol. The van der Waals surface area contributed by atoms with Gasteiger partial charge in [0.1, 0.15) is 4.90 Å². The number of sulfone groups is 1. The molecule has 0 spiro atoms. The minimum atomic E-state index is -3.79. The number of hydrogen-bond acceptors (Lipinski definition) is 5. The molecule has 21 heavy (non-hydrogen) atoms. The van der Waals surface area contributed by atoms with Crippen LogP contribution in [0, 0.1) is 0 Å². The molecule has 9 heteroatoms. The van der Waals surface area contributed by atoms with Gasteiger partial charge in [-0.2, -0.15) is 4.31 Å². The number of likely N-dealkylation sites (N-methyl/N-ethyl adjacent to an activating group) is 1. The lowest BCUT2D eigenvalue weighted by Crippen LogP contribution is -2.47. The molecule has 1 aromatic rings. The maximum absolute atomic E-state index is 12.6. The molecule has 118 valence electrons. The SMILES string of the molecule is CN1CCN(S(=O)(=O)c2cc(S(C)(=O)=O)ccc2Cl)CC1. The number of halogens is 1. The zero-order chi connectivity index (χ0) is 15.8. The Morgan fingerprint density at radius 2 is 1.62 bits per heavy atom. The molecule has 0 N–H and O–H groups in total. The lowest BCUT2D eigenvalue weighted by atomic mass is 10.4. The van der Waals surface area contributed by atoms with Gasteiger partial charge in [0, 0.05) is 32.4 Å². The summed E-state index contributed by atoms with van der Waals surface area (Å²) in [6.07, 6.45) is 1.03. The molecule has 1 saturated heterocycles. The number of hydrogen-bond donors (Lipinski definition) is 0. The van der Waals surface area contributed by atoms with Crippen molar-refractivity contribution in [1.82, 2.24) is 9.21 Å². The molecule has 0 atom stereocenters. The summed E-state index contributed by atoms with van der Waals surface area (Å²) in [5.41, 5.74) is 0. The Balaban J connectivity index is 2.45. The third kappa shape index (κ3) is 3.57. The second-order valence-corrected chi connectivity index (χ2v) is 9.40. The highest BCUT2D eigenvalue weighted by molar-refractivity contribution is 7.91. The summed E-state index contributed by atoms with van der Waals surface area (Å²) in [6.45, 7) is 1.97. The Labute approximate surface area is 130 Å². The standard InChI is InChI=1S/C12H17ClN2O4S2/c1-14-5-7-15(8-6-14)21(18,19)12-9-10(20(2,16)17)3-4-11(12)13/h3-4,9H,5-8H2,1-2H3. The molecule has 0 aliphatic carbocycles. The fraction of sp³-hybridized carbons (Fsp3) is 0.500. The number of rotatable bonds is 3. The Morgan fingerprint density at radius 3 is 2.14 bits per heavy atom. The molecule has 2 rings (SSSR count). The van der Waals surface area contributed by atoms with Gasteiger partial charge in [-0.3, -0.25) is 0 Å². The van der Waals surface area contributed by atoms with Crippen molar-refractivity contribution in [1.29, 1.82) is 0 Å². The van der Waals surface area contributed by atoms with Crippen molar-refractivity contribution in [2.24, 2.45) is 0 Å². The lowest BCUT2D eigenvalue weighted by molar-refractivity contribution is 0.222. The van der Waals surface area contributed by atoms with Crippen molar-refractivity contribution in [3.05, 3.63) is 23.2 Å². The van der Waals surface area contributed by atoms with E-state index in [1.54, 1.807) is 0 Å². The molecule has 0 aromatic heterocycles. The fourth-order valence-corrected chi connectivity index (χ4v) is 4.72. The van der Waals surface area contributed by atoms with Crippen LogP contribution in [0.1, 0.15) is 0 Å². The number of nitrogens with zero attached hydrogens (tertiary/aromatic N) is 2. The quantitative estimate of drug-likeness (QED) is 0.799. The van der Waals surface area contributed by atoms with E-state index in [1.165, 1.54) is 16.4 Å². The van der Waals surface area contributed by atoms with Gasteiger partial charge in [0.25, 0.3) is 0 Å². The monoisotopic (exact) mass is 352 g/mol. The van der Waals surface area contributed by atoms with Crippen molar-refractivity contribution in [2.45, 2.75) is 9.79 Å². The third-order valence-corrected chi connectivity index (χ3v) is 6.90. The summed E-state index contributed by atoms with van der Waals surface area (Å²) in [4.78, 5) is 1.82. The molecule has 0 saturated carbocycles. The normalized spacial score (nSPS) is 18.8. The zero-order valence-electron chi connectivity index (χ0n) is 11.8. The van der Waals surface area contributed by atoms with E-state index in [0.29, 0.717) is 26.2 Å². The summed E-state index contributed by atoms with van der Waals surface area (Å²) < 4.78 is 49.7. The molecule has 1 aromatic carbocycles.